The van der Waals surface area contributed by atoms with E-state index in [0.29, 0.717) is 6.54 Å². The minimum atomic E-state index is -0.119. The number of anilines is 1. The van der Waals surface area contributed by atoms with E-state index in [4.69, 9.17) is 0 Å². The quantitative estimate of drug-likeness (QED) is 0.871. The molecule has 0 spiro atoms. The molecule has 2 nitrogen and oxygen atoms in total. The fourth-order valence-electron chi connectivity index (χ4n) is 2.04. The molecule has 1 atom stereocenters. The zero-order valence-electron chi connectivity index (χ0n) is 11.1. The minimum absolute atomic E-state index is 0.119. The Morgan fingerprint density at radius 3 is 2.58 bits per heavy atom. The van der Waals surface area contributed by atoms with Crippen molar-refractivity contribution in [1.82, 2.24) is 0 Å². The van der Waals surface area contributed by atoms with Gasteiger partial charge in [-0.25, -0.2) is 0 Å². The van der Waals surface area contributed by atoms with Crippen molar-refractivity contribution in [1.29, 1.82) is 5.26 Å². The molecule has 2 heteroatoms. The molecule has 0 amide bonds. The molecular weight excluding hydrogens is 232 g/mol. The summed E-state index contributed by atoms with van der Waals surface area (Å²) >= 11 is 0. The molecule has 96 valence electrons. The lowest BCUT2D eigenvalue weighted by atomic mass is 10.0. The van der Waals surface area contributed by atoms with Gasteiger partial charge in [-0.05, 0) is 29.7 Å². The van der Waals surface area contributed by atoms with Crippen LogP contribution >= 0.6 is 0 Å². The van der Waals surface area contributed by atoms with Gasteiger partial charge in [0.15, 0.2) is 0 Å². The van der Waals surface area contributed by atoms with Crippen LogP contribution in [-0.4, -0.2) is 6.54 Å². The Bertz CT molecular complexity index is 555. The van der Waals surface area contributed by atoms with Crippen LogP contribution < -0.4 is 5.32 Å². The molecule has 0 aliphatic heterocycles. The molecule has 1 unspecified atom stereocenters. The standard InChI is InChI=1S/C17H18N2/c1-2-14-7-6-10-17(11-14)19-13-16(12-18)15-8-4-3-5-9-15/h3-11,16,19H,2,13H2,1H3. The number of nitrogens with zero attached hydrogens (tertiary/aromatic N) is 1. The van der Waals surface area contributed by atoms with Crippen LogP contribution in [-0.2, 0) is 6.42 Å². The van der Waals surface area contributed by atoms with Crippen LogP contribution in [0.4, 0.5) is 5.69 Å². The molecule has 0 saturated heterocycles. The summed E-state index contributed by atoms with van der Waals surface area (Å²) in [7, 11) is 0. The summed E-state index contributed by atoms with van der Waals surface area (Å²) in [5.41, 5.74) is 3.44. The van der Waals surface area contributed by atoms with Gasteiger partial charge < -0.3 is 5.32 Å². The van der Waals surface area contributed by atoms with Crippen LogP contribution in [0.2, 0.25) is 0 Å². The number of nitriles is 1. The Kier molecular flexibility index (Phi) is 4.58. The smallest absolute Gasteiger partial charge is 0.0885 e. The van der Waals surface area contributed by atoms with Gasteiger partial charge in [0.2, 0.25) is 0 Å². The first-order valence-corrected chi connectivity index (χ1v) is 6.61. The van der Waals surface area contributed by atoms with Crippen LogP contribution in [0.3, 0.4) is 0 Å². The van der Waals surface area contributed by atoms with E-state index in [2.05, 4.69) is 30.4 Å². The van der Waals surface area contributed by atoms with Crippen molar-refractivity contribution in [2.24, 2.45) is 0 Å². The molecule has 2 aromatic carbocycles. The van der Waals surface area contributed by atoms with E-state index in [1.165, 1.54) is 5.56 Å². The molecule has 0 fully saturated rings. The highest BCUT2D eigenvalue weighted by Crippen LogP contribution is 2.17. The summed E-state index contributed by atoms with van der Waals surface area (Å²) < 4.78 is 0. The summed E-state index contributed by atoms with van der Waals surface area (Å²) in [4.78, 5) is 0. The van der Waals surface area contributed by atoms with Crippen LogP contribution in [0.5, 0.6) is 0 Å². The monoisotopic (exact) mass is 250 g/mol. The number of aryl methyl sites for hydroxylation is 1. The Morgan fingerprint density at radius 2 is 1.89 bits per heavy atom. The molecule has 0 bridgehead atoms. The van der Waals surface area contributed by atoms with Crippen molar-refractivity contribution < 1.29 is 0 Å². The van der Waals surface area contributed by atoms with Crippen LogP contribution in [0.25, 0.3) is 0 Å². The molecule has 0 heterocycles. The van der Waals surface area contributed by atoms with Gasteiger partial charge in [-0.3, -0.25) is 0 Å². The van der Waals surface area contributed by atoms with Gasteiger partial charge >= 0.3 is 0 Å². The van der Waals surface area contributed by atoms with Gasteiger partial charge in [0.1, 0.15) is 0 Å². The van der Waals surface area contributed by atoms with Crippen molar-refractivity contribution in [2.45, 2.75) is 19.3 Å². The zero-order chi connectivity index (χ0) is 13.5. The van der Waals surface area contributed by atoms with Gasteiger partial charge in [0, 0.05) is 12.2 Å². The first-order valence-electron chi connectivity index (χ1n) is 6.61. The van der Waals surface area contributed by atoms with Crippen molar-refractivity contribution in [2.75, 3.05) is 11.9 Å². The maximum absolute atomic E-state index is 9.27. The van der Waals surface area contributed by atoms with E-state index in [9.17, 15) is 5.26 Å². The molecule has 2 aromatic rings. The lowest BCUT2D eigenvalue weighted by Crippen LogP contribution is -2.11. The summed E-state index contributed by atoms with van der Waals surface area (Å²) in [5, 5.41) is 12.6. The average Bonchev–Trinajstić information content (AvgIpc) is 2.49. The predicted octanol–water partition coefficient (Wildman–Crippen LogP) is 3.97. The van der Waals surface area contributed by atoms with Gasteiger partial charge in [-0.2, -0.15) is 5.26 Å². The van der Waals surface area contributed by atoms with Crippen molar-refractivity contribution >= 4 is 5.69 Å². The largest absolute Gasteiger partial charge is 0.383 e. The SMILES string of the molecule is CCc1cccc(NCC(C#N)c2ccccc2)c1. The molecule has 0 aliphatic carbocycles. The van der Waals surface area contributed by atoms with Gasteiger partial charge in [-0.15, -0.1) is 0 Å². The Hall–Kier alpha value is -2.27. The van der Waals surface area contributed by atoms with E-state index in [0.717, 1.165) is 17.7 Å². The van der Waals surface area contributed by atoms with E-state index < -0.39 is 0 Å². The Morgan fingerprint density at radius 1 is 1.11 bits per heavy atom. The predicted molar refractivity (Wildman–Crippen MR) is 79.1 cm³/mol. The molecule has 0 radical (unpaired) electrons. The van der Waals surface area contributed by atoms with E-state index in [-0.39, 0.29) is 5.92 Å². The molecule has 0 saturated carbocycles. The highest BCUT2D eigenvalue weighted by molar-refractivity contribution is 5.46. The molecule has 0 aliphatic rings. The normalized spacial score (nSPS) is 11.6. The first kappa shape index (κ1) is 13.2. The van der Waals surface area contributed by atoms with Crippen LogP contribution in [0, 0.1) is 11.3 Å². The van der Waals surface area contributed by atoms with Gasteiger partial charge in [0.25, 0.3) is 0 Å². The van der Waals surface area contributed by atoms with Crippen molar-refractivity contribution in [3.63, 3.8) is 0 Å². The number of nitrogens with one attached hydrogen (secondary N) is 1. The van der Waals surface area contributed by atoms with Crippen molar-refractivity contribution in [3.8, 4) is 6.07 Å². The number of rotatable bonds is 5. The third-order valence-corrected chi connectivity index (χ3v) is 3.20. The third-order valence-electron chi connectivity index (χ3n) is 3.20. The highest BCUT2D eigenvalue weighted by atomic mass is 14.9. The second kappa shape index (κ2) is 6.61. The molecule has 2 rings (SSSR count). The van der Waals surface area contributed by atoms with Crippen molar-refractivity contribution in [3.05, 3.63) is 65.7 Å². The molecule has 19 heavy (non-hydrogen) atoms. The minimum Gasteiger partial charge on any atom is -0.383 e. The Labute approximate surface area is 114 Å². The average molecular weight is 250 g/mol. The Balaban J connectivity index is 2.02. The summed E-state index contributed by atoms with van der Waals surface area (Å²) in [6.45, 7) is 2.77. The fraction of sp³-hybridized carbons (Fsp3) is 0.235. The van der Waals surface area contributed by atoms with E-state index >= 15 is 0 Å². The van der Waals surface area contributed by atoms with Crippen LogP contribution in [0.15, 0.2) is 54.6 Å². The van der Waals surface area contributed by atoms with Crippen LogP contribution in [0.1, 0.15) is 24.0 Å². The zero-order valence-corrected chi connectivity index (χ0v) is 11.1. The van der Waals surface area contributed by atoms with E-state index in [1.54, 1.807) is 0 Å². The summed E-state index contributed by atoms with van der Waals surface area (Å²) in [6.07, 6.45) is 1.02. The fourth-order valence-corrected chi connectivity index (χ4v) is 2.04. The summed E-state index contributed by atoms with van der Waals surface area (Å²) in [5.74, 6) is -0.119. The van der Waals surface area contributed by atoms with E-state index in [1.807, 2.05) is 42.5 Å². The third kappa shape index (κ3) is 3.59. The second-order valence-corrected chi connectivity index (χ2v) is 4.53. The molecule has 1 N–H and O–H groups in total. The maximum Gasteiger partial charge on any atom is 0.0885 e. The van der Waals surface area contributed by atoms with Gasteiger partial charge in [-0.1, -0.05) is 49.4 Å². The molecular formula is C17H18N2. The lowest BCUT2D eigenvalue weighted by Gasteiger charge is -2.12. The lowest BCUT2D eigenvalue weighted by molar-refractivity contribution is 0.900. The maximum atomic E-state index is 9.27. The number of hydrogen-bond acceptors (Lipinski definition) is 2. The summed E-state index contributed by atoms with van der Waals surface area (Å²) in [6, 6.07) is 20.6. The highest BCUT2D eigenvalue weighted by Gasteiger charge is 2.09. The van der Waals surface area contributed by atoms with Gasteiger partial charge in [0.05, 0.1) is 12.0 Å². The number of hydrogen-bond donors (Lipinski definition) is 1. The first-order chi connectivity index (χ1) is 9.33. The molecule has 0 aromatic heterocycles. The topological polar surface area (TPSA) is 35.8 Å². The second-order valence-electron chi connectivity index (χ2n) is 4.53. The number of benzene rings is 2.